The summed E-state index contributed by atoms with van der Waals surface area (Å²) in [6.45, 7) is 2.84. The number of carbonyl (C=O) groups is 2. The third-order valence-corrected chi connectivity index (χ3v) is 3.24. The van der Waals surface area contributed by atoms with E-state index in [-0.39, 0.29) is 24.0 Å². The predicted octanol–water partition coefficient (Wildman–Crippen LogP) is 2.88. The molecule has 0 radical (unpaired) electrons. The maximum Gasteiger partial charge on any atom is 0.310 e. The Morgan fingerprint density at radius 2 is 1.88 bits per heavy atom. The molecule has 2 aromatic rings. The third-order valence-electron chi connectivity index (χ3n) is 3.24. The molecule has 0 spiro atoms. The highest BCUT2D eigenvalue weighted by Gasteiger charge is 2.15. The van der Waals surface area contributed by atoms with Gasteiger partial charge < -0.3 is 15.4 Å². The van der Waals surface area contributed by atoms with Crippen molar-refractivity contribution < 1.29 is 19.2 Å². The number of nitrogens with zero attached hydrogens (tertiary/aromatic N) is 1. The zero-order valence-electron chi connectivity index (χ0n) is 13.7. The molecule has 130 valence electrons. The van der Waals surface area contributed by atoms with Crippen LogP contribution in [0.4, 0.5) is 17.1 Å². The molecular formula is C17H17N3O5. The molecule has 8 heteroatoms. The maximum atomic E-state index is 12.0. The van der Waals surface area contributed by atoms with Crippen LogP contribution in [0.1, 0.15) is 12.5 Å². The minimum absolute atomic E-state index is 0.0276. The van der Waals surface area contributed by atoms with Crippen molar-refractivity contribution in [2.45, 2.75) is 13.8 Å². The highest BCUT2D eigenvalue weighted by molar-refractivity contribution is 5.93. The van der Waals surface area contributed by atoms with E-state index >= 15 is 0 Å². The first kappa shape index (κ1) is 17.9. The van der Waals surface area contributed by atoms with Crippen LogP contribution in [0, 0.1) is 17.0 Å². The fraction of sp³-hybridized carbons (Fsp3) is 0.176. The lowest BCUT2D eigenvalue weighted by Gasteiger charge is -2.11. The van der Waals surface area contributed by atoms with Crippen LogP contribution >= 0.6 is 0 Å². The molecule has 0 aliphatic rings. The van der Waals surface area contributed by atoms with Crippen LogP contribution in [-0.4, -0.2) is 23.3 Å². The minimum Gasteiger partial charge on any atom is -0.477 e. The number of ether oxygens (including phenoxy) is 1. The number of benzene rings is 2. The van der Waals surface area contributed by atoms with Gasteiger partial charge in [0.1, 0.15) is 0 Å². The Kier molecular flexibility index (Phi) is 5.67. The van der Waals surface area contributed by atoms with Gasteiger partial charge in [0.05, 0.1) is 4.92 Å². The van der Waals surface area contributed by atoms with Crippen LogP contribution < -0.4 is 15.4 Å². The summed E-state index contributed by atoms with van der Waals surface area (Å²) in [6, 6.07) is 10.9. The van der Waals surface area contributed by atoms with E-state index in [9.17, 15) is 19.7 Å². The van der Waals surface area contributed by atoms with Gasteiger partial charge in [-0.25, -0.2) is 0 Å². The number of carbonyl (C=O) groups excluding carboxylic acids is 2. The monoisotopic (exact) mass is 343 g/mol. The van der Waals surface area contributed by atoms with E-state index in [1.54, 1.807) is 31.2 Å². The van der Waals surface area contributed by atoms with Gasteiger partial charge >= 0.3 is 5.69 Å². The molecule has 2 aromatic carbocycles. The van der Waals surface area contributed by atoms with Crippen LogP contribution in [-0.2, 0) is 9.59 Å². The van der Waals surface area contributed by atoms with Crippen molar-refractivity contribution in [2.24, 2.45) is 0 Å². The Labute approximate surface area is 144 Å². The van der Waals surface area contributed by atoms with Crippen molar-refractivity contribution in [3.05, 3.63) is 58.1 Å². The van der Waals surface area contributed by atoms with Crippen molar-refractivity contribution in [1.29, 1.82) is 0 Å². The second kappa shape index (κ2) is 7.91. The summed E-state index contributed by atoms with van der Waals surface area (Å²) in [5.41, 5.74) is 1.77. The number of hydrogen-bond acceptors (Lipinski definition) is 5. The quantitative estimate of drug-likeness (QED) is 0.619. The maximum absolute atomic E-state index is 12.0. The lowest BCUT2D eigenvalue weighted by atomic mass is 10.1. The summed E-state index contributed by atoms with van der Waals surface area (Å²) in [5.74, 6) is -0.609. The number of nitro benzene ring substituents is 1. The first-order chi connectivity index (χ1) is 11.9. The molecule has 2 amide bonds. The van der Waals surface area contributed by atoms with E-state index in [0.29, 0.717) is 11.4 Å². The van der Waals surface area contributed by atoms with E-state index in [4.69, 9.17) is 4.74 Å². The van der Waals surface area contributed by atoms with Crippen LogP contribution in [0.5, 0.6) is 5.75 Å². The van der Waals surface area contributed by atoms with Gasteiger partial charge in [-0.2, -0.15) is 0 Å². The molecule has 8 nitrogen and oxygen atoms in total. The van der Waals surface area contributed by atoms with E-state index < -0.39 is 10.8 Å². The van der Waals surface area contributed by atoms with Crippen molar-refractivity contribution in [3.8, 4) is 5.75 Å². The minimum atomic E-state index is -0.572. The van der Waals surface area contributed by atoms with Gasteiger partial charge in [0.25, 0.3) is 5.91 Å². The van der Waals surface area contributed by atoms with Gasteiger partial charge in [-0.1, -0.05) is 12.1 Å². The van der Waals surface area contributed by atoms with Crippen molar-refractivity contribution in [3.63, 3.8) is 0 Å². The molecule has 2 rings (SSSR count). The Balaban J connectivity index is 1.98. The number of rotatable bonds is 6. The van der Waals surface area contributed by atoms with Crippen molar-refractivity contribution >= 4 is 28.9 Å². The molecule has 0 aliphatic heterocycles. The zero-order chi connectivity index (χ0) is 18.4. The fourth-order valence-corrected chi connectivity index (χ4v) is 2.14. The van der Waals surface area contributed by atoms with Gasteiger partial charge in [-0.3, -0.25) is 19.7 Å². The van der Waals surface area contributed by atoms with E-state index in [1.807, 2.05) is 0 Å². The number of aryl methyl sites for hydroxylation is 1. The predicted molar refractivity (Wildman–Crippen MR) is 92.7 cm³/mol. The second-order valence-corrected chi connectivity index (χ2v) is 5.27. The zero-order valence-corrected chi connectivity index (χ0v) is 13.7. The van der Waals surface area contributed by atoms with Crippen LogP contribution in [0.15, 0.2) is 42.5 Å². The lowest BCUT2D eigenvalue weighted by molar-refractivity contribution is -0.385. The number of nitrogens with one attached hydrogen (secondary N) is 2. The van der Waals surface area contributed by atoms with Gasteiger partial charge in [0, 0.05) is 24.4 Å². The largest absolute Gasteiger partial charge is 0.477 e. The highest BCUT2D eigenvalue weighted by atomic mass is 16.6. The van der Waals surface area contributed by atoms with Gasteiger partial charge in [-0.05, 0) is 36.8 Å². The summed E-state index contributed by atoms with van der Waals surface area (Å²) >= 11 is 0. The summed E-state index contributed by atoms with van der Waals surface area (Å²) in [7, 11) is 0. The number of nitro groups is 1. The van der Waals surface area contributed by atoms with Gasteiger partial charge in [0.15, 0.2) is 12.4 Å². The van der Waals surface area contributed by atoms with Crippen molar-refractivity contribution in [2.75, 3.05) is 17.2 Å². The van der Waals surface area contributed by atoms with E-state index in [0.717, 1.165) is 5.56 Å². The molecule has 0 heterocycles. The number of amides is 2. The first-order valence-electron chi connectivity index (χ1n) is 7.41. The Hall–Kier alpha value is -3.42. The van der Waals surface area contributed by atoms with Crippen LogP contribution in [0.2, 0.25) is 0 Å². The Morgan fingerprint density at radius 1 is 1.16 bits per heavy atom. The van der Waals surface area contributed by atoms with E-state index in [2.05, 4.69) is 10.6 Å². The summed E-state index contributed by atoms with van der Waals surface area (Å²) in [4.78, 5) is 33.4. The smallest absolute Gasteiger partial charge is 0.310 e. The number of anilines is 2. The highest BCUT2D eigenvalue weighted by Crippen LogP contribution is 2.25. The number of hydrogen-bond donors (Lipinski definition) is 2. The summed E-state index contributed by atoms with van der Waals surface area (Å²) < 4.78 is 5.23. The Morgan fingerprint density at radius 3 is 2.52 bits per heavy atom. The molecule has 25 heavy (non-hydrogen) atoms. The third kappa shape index (κ3) is 5.03. The molecule has 2 N–H and O–H groups in total. The molecule has 0 aliphatic carbocycles. The molecular weight excluding hydrogens is 326 g/mol. The average molecular weight is 343 g/mol. The van der Waals surface area contributed by atoms with Gasteiger partial charge in [-0.15, -0.1) is 0 Å². The molecule has 0 bridgehead atoms. The molecule has 0 saturated heterocycles. The topological polar surface area (TPSA) is 111 Å². The molecule has 0 atom stereocenters. The first-order valence-corrected chi connectivity index (χ1v) is 7.41. The average Bonchev–Trinajstić information content (AvgIpc) is 2.55. The standard InChI is InChI=1S/C17H17N3O5/c1-11-9-13(7-8-14(11)18-12(2)21)19-17(22)10-25-16-6-4-3-5-15(16)20(23)24/h3-9H,10H2,1-2H3,(H,18,21)(H,19,22). The van der Waals surface area contributed by atoms with E-state index in [1.165, 1.54) is 25.1 Å². The van der Waals surface area contributed by atoms with Crippen LogP contribution in [0.25, 0.3) is 0 Å². The Bertz CT molecular complexity index is 820. The van der Waals surface area contributed by atoms with Gasteiger partial charge in [0.2, 0.25) is 5.91 Å². The normalized spacial score (nSPS) is 10.0. The second-order valence-electron chi connectivity index (χ2n) is 5.27. The molecule has 0 saturated carbocycles. The summed E-state index contributed by atoms with van der Waals surface area (Å²) in [5, 5.41) is 16.2. The molecule has 0 unspecified atom stereocenters. The molecule has 0 aromatic heterocycles. The summed E-state index contributed by atoms with van der Waals surface area (Å²) in [6.07, 6.45) is 0. The van der Waals surface area contributed by atoms with Crippen molar-refractivity contribution in [1.82, 2.24) is 0 Å². The number of para-hydroxylation sites is 2. The van der Waals surface area contributed by atoms with Crippen LogP contribution in [0.3, 0.4) is 0 Å². The SMILES string of the molecule is CC(=O)Nc1ccc(NC(=O)COc2ccccc2[N+](=O)[O-])cc1C. The lowest BCUT2D eigenvalue weighted by Crippen LogP contribution is -2.20. The fourth-order valence-electron chi connectivity index (χ4n) is 2.14. The molecule has 0 fully saturated rings.